The molecule has 7 heteroatoms. The zero-order valence-electron chi connectivity index (χ0n) is 14.7. The van der Waals surface area contributed by atoms with E-state index in [9.17, 15) is 4.79 Å². The number of hydrogen-bond donors (Lipinski definition) is 3. The molecule has 7 nitrogen and oxygen atoms in total. The van der Waals surface area contributed by atoms with Crippen molar-refractivity contribution in [3.05, 3.63) is 29.5 Å². The van der Waals surface area contributed by atoms with Crippen molar-refractivity contribution in [2.45, 2.75) is 25.8 Å². The summed E-state index contributed by atoms with van der Waals surface area (Å²) in [7, 11) is 0. The first kappa shape index (κ1) is 18.0. The van der Waals surface area contributed by atoms with Crippen LogP contribution < -0.4 is 5.32 Å². The van der Waals surface area contributed by atoms with E-state index >= 15 is 0 Å². The Bertz CT molecular complexity index is 857. The van der Waals surface area contributed by atoms with Crippen molar-refractivity contribution >= 4 is 23.3 Å². The van der Waals surface area contributed by atoms with Crippen LogP contribution in [0.1, 0.15) is 35.8 Å². The molecule has 3 N–H and O–H groups in total. The number of H-pyrrole nitrogens is 1. The van der Waals surface area contributed by atoms with Gasteiger partial charge in [-0.15, -0.1) is 5.92 Å². The molecular weight excluding hydrogens is 332 g/mol. The number of aromatic nitrogens is 2. The second-order valence-corrected chi connectivity index (χ2v) is 6.53. The maximum atomic E-state index is 12.6. The van der Waals surface area contributed by atoms with Crippen molar-refractivity contribution in [2.75, 3.05) is 19.6 Å². The minimum Gasteiger partial charge on any atom is -0.483 e. The lowest BCUT2D eigenvalue weighted by atomic mass is 9.84. The van der Waals surface area contributed by atoms with E-state index in [1.54, 1.807) is 0 Å². The number of aromatic amines is 1. The Kier molecular flexibility index (Phi) is 5.54. The van der Waals surface area contributed by atoms with Crippen molar-refractivity contribution < 1.29 is 14.7 Å². The van der Waals surface area contributed by atoms with Gasteiger partial charge in [-0.3, -0.25) is 14.7 Å². The zero-order chi connectivity index (χ0) is 18.5. The van der Waals surface area contributed by atoms with Gasteiger partial charge in [-0.2, -0.15) is 5.10 Å². The summed E-state index contributed by atoms with van der Waals surface area (Å²) >= 11 is 0. The van der Waals surface area contributed by atoms with E-state index in [1.165, 1.54) is 25.9 Å². The van der Waals surface area contributed by atoms with Crippen molar-refractivity contribution in [1.82, 2.24) is 20.4 Å². The van der Waals surface area contributed by atoms with E-state index in [0.717, 1.165) is 23.0 Å². The number of rotatable bonds is 2. The Labute approximate surface area is 151 Å². The smallest absolute Gasteiger partial charge is 0.290 e. The molecule has 1 amide bonds. The largest absolute Gasteiger partial charge is 0.483 e. The van der Waals surface area contributed by atoms with Crippen LogP contribution in [0.2, 0.25) is 0 Å². The normalized spacial score (nSPS) is 23.3. The van der Waals surface area contributed by atoms with Crippen LogP contribution >= 0.6 is 0 Å². The summed E-state index contributed by atoms with van der Waals surface area (Å²) in [5.41, 5.74) is 2.25. The lowest BCUT2D eigenvalue weighted by Crippen LogP contribution is -2.57. The SMILES string of the molecule is CC#Cc1ccc2c(C(=O)N[C@@H]3CN4CCC3CC4)n[nH]c2c1.O=CO. The Morgan fingerprint density at radius 1 is 1.42 bits per heavy atom. The highest BCUT2D eigenvalue weighted by Crippen LogP contribution is 2.28. The van der Waals surface area contributed by atoms with Gasteiger partial charge in [0.15, 0.2) is 5.69 Å². The van der Waals surface area contributed by atoms with Crippen LogP contribution in [0.5, 0.6) is 0 Å². The van der Waals surface area contributed by atoms with Crippen LogP contribution in [0.3, 0.4) is 0 Å². The molecule has 3 saturated heterocycles. The number of nitrogens with zero attached hydrogens (tertiary/aromatic N) is 2. The molecule has 0 unspecified atom stereocenters. The average Bonchev–Trinajstić information content (AvgIpc) is 3.07. The minimum absolute atomic E-state index is 0.0793. The van der Waals surface area contributed by atoms with Gasteiger partial charge in [0.05, 0.1) is 5.52 Å². The van der Waals surface area contributed by atoms with Gasteiger partial charge in [0, 0.05) is 23.5 Å². The number of piperidine rings is 3. The second kappa shape index (κ2) is 8.02. The van der Waals surface area contributed by atoms with E-state index in [-0.39, 0.29) is 18.4 Å². The van der Waals surface area contributed by atoms with Gasteiger partial charge in [-0.05, 0) is 57.0 Å². The summed E-state index contributed by atoms with van der Waals surface area (Å²) < 4.78 is 0. The van der Waals surface area contributed by atoms with Gasteiger partial charge in [0.25, 0.3) is 12.4 Å². The first-order chi connectivity index (χ1) is 12.7. The lowest BCUT2D eigenvalue weighted by molar-refractivity contribution is -0.122. The standard InChI is InChI=1S/C18H20N4O.CH2O2/c1-2-3-12-4-5-14-15(10-12)20-21-17(14)18(23)19-16-11-22-8-6-13(16)7-9-22;2-1-3/h4-5,10,13,16H,6-9,11H2,1H3,(H,19,23)(H,20,21);1H,(H,2,3)/t16-;/m1./s1. The fourth-order valence-corrected chi connectivity index (χ4v) is 3.78. The fraction of sp³-hybridized carbons (Fsp3) is 0.421. The molecule has 0 radical (unpaired) electrons. The molecule has 3 aliphatic heterocycles. The van der Waals surface area contributed by atoms with Gasteiger partial charge >= 0.3 is 0 Å². The maximum Gasteiger partial charge on any atom is 0.290 e. The Morgan fingerprint density at radius 3 is 2.77 bits per heavy atom. The van der Waals surface area contributed by atoms with Crippen LogP contribution in [0, 0.1) is 17.8 Å². The van der Waals surface area contributed by atoms with Gasteiger partial charge in [0.2, 0.25) is 0 Å². The third-order valence-electron chi connectivity index (χ3n) is 5.02. The summed E-state index contributed by atoms with van der Waals surface area (Å²) in [5, 5.41) is 18.1. The second-order valence-electron chi connectivity index (χ2n) is 6.53. The number of benzene rings is 1. The molecule has 2 aromatic rings. The van der Waals surface area contributed by atoms with Crippen LogP contribution in [-0.4, -0.2) is 58.3 Å². The summed E-state index contributed by atoms with van der Waals surface area (Å²) in [6.07, 6.45) is 2.37. The third kappa shape index (κ3) is 3.70. The number of fused-ring (bicyclic) bond motifs is 4. The van der Waals surface area contributed by atoms with E-state index < -0.39 is 0 Å². The number of carboxylic acid groups (broad SMARTS) is 1. The van der Waals surface area contributed by atoms with Crippen molar-refractivity contribution in [2.24, 2.45) is 5.92 Å². The van der Waals surface area contributed by atoms with E-state index in [2.05, 4.69) is 32.3 Å². The summed E-state index contributed by atoms with van der Waals surface area (Å²) in [5.74, 6) is 6.43. The molecule has 1 aromatic carbocycles. The van der Waals surface area contributed by atoms with Crippen LogP contribution in [0.15, 0.2) is 18.2 Å². The van der Waals surface area contributed by atoms with Gasteiger partial charge in [-0.25, -0.2) is 0 Å². The van der Waals surface area contributed by atoms with Gasteiger partial charge in [0.1, 0.15) is 0 Å². The van der Waals surface area contributed by atoms with Gasteiger partial charge < -0.3 is 15.3 Å². The van der Waals surface area contributed by atoms with E-state index in [0.29, 0.717) is 11.6 Å². The minimum atomic E-state index is -0.250. The van der Waals surface area contributed by atoms with Crippen LogP contribution in [-0.2, 0) is 4.79 Å². The molecule has 0 saturated carbocycles. The summed E-state index contributed by atoms with van der Waals surface area (Å²) in [6, 6.07) is 6.04. The molecule has 2 bridgehead atoms. The first-order valence-corrected chi connectivity index (χ1v) is 8.68. The summed E-state index contributed by atoms with van der Waals surface area (Å²) in [6.45, 7) is 4.87. The molecule has 3 fully saturated rings. The molecule has 0 spiro atoms. The average molecular weight is 354 g/mol. The quantitative estimate of drug-likeness (QED) is 0.560. The number of hydrogen-bond acceptors (Lipinski definition) is 4. The van der Waals surface area contributed by atoms with Crippen molar-refractivity contribution in [3.8, 4) is 11.8 Å². The number of carbonyl (C=O) groups is 2. The molecular formula is C19H22N4O3. The number of amides is 1. The van der Waals surface area contributed by atoms with Crippen LogP contribution in [0.25, 0.3) is 10.9 Å². The van der Waals surface area contributed by atoms with E-state index in [4.69, 9.17) is 9.90 Å². The maximum absolute atomic E-state index is 12.6. The van der Waals surface area contributed by atoms with Crippen molar-refractivity contribution in [3.63, 3.8) is 0 Å². The molecule has 4 heterocycles. The predicted molar refractivity (Wildman–Crippen MR) is 97.8 cm³/mol. The fourth-order valence-electron chi connectivity index (χ4n) is 3.78. The number of carbonyl (C=O) groups excluding carboxylic acids is 1. The van der Waals surface area contributed by atoms with Crippen molar-refractivity contribution in [1.29, 1.82) is 0 Å². The predicted octanol–water partition coefficient (Wildman–Crippen LogP) is 1.46. The topological polar surface area (TPSA) is 98.3 Å². The van der Waals surface area contributed by atoms with Gasteiger partial charge in [-0.1, -0.05) is 5.92 Å². The molecule has 26 heavy (non-hydrogen) atoms. The highest BCUT2D eigenvalue weighted by Gasteiger charge is 2.35. The Hall–Kier alpha value is -2.85. The molecule has 136 valence electrons. The highest BCUT2D eigenvalue weighted by molar-refractivity contribution is 6.05. The monoisotopic (exact) mass is 354 g/mol. The van der Waals surface area contributed by atoms with Crippen LogP contribution in [0.4, 0.5) is 0 Å². The zero-order valence-corrected chi connectivity index (χ0v) is 14.7. The first-order valence-electron chi connectivity index (χ1n) is 8.68. The molecule has 1 aromatic heterocycles. The molecule has 3 aliphatic rings. The Balaban J connectivity index is 0.000000613. The molecule has 1 atom stereocenters. The summed E-state index contributed by atoms with van der Waals surface area (Å²) in [4.78, 5) is 23.4. The molecule has 5 rings (SSSR count). The third-order valence-corrected chi connectivity index (χ3v) is 5.02. The van der Waals surface area contributed by atoms with E-state index in [1.807, 2.05) is 25.1 Å². The molecule has 0 aliphatic carbocycles. The number of nitrogens with one attached hydrogen (secondary N) is 2. The lowest BCUT2D eigenvalue weighted by Gasteiger charge is -2.44. The highest BCUT2D eigenvalue weighted by atomic mass is 16.3. The Morgan fingerprint density at radius 2 is 2.15 bits per heavy atom.